The third kappa shape index (κ3) is 3.99. The van der Waals surface area contributed by atoms with Crippen LogP contribution in [0.15, 0.2) is 42.6 Å². The van der Waals surface area contributed by atoms with E-state index in [1.807, 2.05) is 37.1 Å². The second-order valence-corrected chi connectivity index (χ2v) is 8.57. The lowest BCUT2D eigenvalue weighted by Gasteiger charge is -2.24. The van der Waals surface area contributed by atoms with Crippen molar-refractivity contribution in [1.82, 2.24) is 4.98 Å². The summed E-state index contributed by atoms with van der Waals surface area (Å²) in [7, 11) is -1.09. The standard InChI is InChI=1S/C18H21N3O3S/c1-13-5-3-4-6-16(13)18(22)20-14-7-8-17(19-11-14)21(2)15-9-10-25(23,24)12-15/h3-8,11,15H,9-10,12H2,1-2H3,(H,20,22). The summed E-state index contributed by atoms with van der Waals surface area (Å²) >= 11 is 0. The topological polar surface area (TPSA) is 79.4 Å². The first kappa shape index (κ1) is 17.4. The van der Waals surface area contributed by atoms with Gasteiger partial charge in [0, 0.05) is 18.7 Å². The molecular formula is C18H21N3O3S. The van der Waals surface area contributed by atoms with Gasteiger partial charge in [-0.15, -0.1) is 0 Å². The summed E-state index contributed by atoms with van der Waals surface area (Å²) in [4.78, 5) is 18.6. The third-order valence-corrected chi connectivity index (χ3v) is 6.26. The third-order valence-electron chi connectivity index (χ3n) is 4.51. The lowest BCUT2D eigenvalue weighted by molar-refractivity contribution is 0.102. The smallest absolute Gasteiger partial charge is 0.255 e. The average molecular weight is 359 g/mol. The largest absolute Gasteiger partial charge is 0.356 e. The number of hydrogen-bond donors (Lipinski definition) is 1. The minimum absolute atomic E-state index is 0.0510. The molecule has 0 spiro atoms. The molecule has 6 nitrogen and oxygen atoms in total. The molecule has 1 aliphatic heterocycles. The van der Waals surface area contributed by atoms with Crippen molar-refractivity contribution in [3.63, 3.8) is 0 Å². The normalized spacial score (nSPS) is 18.7. The average Bonchev–Trinajstić information content (AvgIpc) is 2.95. The van der Waals surface area contributed by atoms with Crippen LogP contribution in [0, 0.1) is 6.92 Å². The van der Waals surface area contributed by atoms with Gasteiger partial charge in [0.25, 0.3) is 5.91 Å². The number of benzene rings is 1. The first-order valence-corrected chi connectivity index (χ1v) is 9.94. The van der Waals surface area contributed by atoms with Crippen LogP contribution in [0.3, 0.4) is 0 Å². The van der Waals surface area contributed by atoms with Crippen molar-refractivity contribution in [3.8, 4) is 0 Å². The molecule has 1 N–H and O–H groups in total. The zero-order chi connectivity index (χ0) is 18.0. The Hall–Kier alpha value is -2.41. The highest BCUT2D eigenvalue weighted by Crippen LogP contribution is 2.22. The summed E-state index contributed by atoms with van der Waals surface area (Å²) in [6.45, 7) is 1.89. The van der Waals surface area contributed by atoms with Crippen LogP contribution in [-0.4, -0.2) is 43.9 Å². The molecular weight excluding hydrogens is 338 g/mol. The Kier molecular flexibility index (Phi) is 4.76. The molecule has 1 atom stereocenters. The minimum atomic E-state index is -2.93. The van der Waals surface area contributed by atoms with Gasteiger partial charge < -0.3 is 10.2 Å². The highest BCUT2D eigenvalue weighted by molar-refractivity contribution is 7.91. The lowest BCUT2D eigenvalue weighted by Crippen LogP contribution is -2.33. The van der Waals surface area contributed by atoms with Gasteiger partial charge in [-0.25, -0.2) is 13.4 Å². The van der Waals surface area contributed by atoms with E-state index < -0.39 is 9.84 Å². The predicted molar refractivity (Wildman–Crippen MR) is 98.8 cm³/mol. The van der Waals surface area contributed by atoms with Crippen molar-refractivity contribution in [2.75, 3.05) is 28.8 Å². The molecule has 1 unspecified atom stereocenters. The number of anilines is 2. The Morgan fingerprint density at radius 2 is 2.00 bits per heavy atom. The quantitative estimate of drug-likeness (QED) is 0.906. The zero-order valence-corrected chi connectivity index (χ0v) is 15.1. The number of rotatable bonds is 4. The van der Waals surface area contributed by atoms with Gasteiger partial charge in [0.2, 0.25) is 0 Å². The molecule has 1 saturated heterocycles. The Morgan fingerprint density at radius 1 is 1.24 bits per heavy atom. The van der Waals surface area contributed by atoms with Crippen LogP contribution in [-0.2, 0) is 9.84 Å². The number of nitrogens with zero attached hydrogens (tertiary/aromatic N) is 2. The van der Waals surface area contributed by atoms with E-state index >= 15 is 0 Å². The predicted octanol–water partition coefficient (Wildman–Crippen LogP) is 2.27. The summed E-state index contributed by atoms with van der Waals surface area (Å²) in [6, 6.07) is 10.9. The Bertz CT molecular complexity index is 879. The van der Waals surface area contributed by atoms with E-state index in [0.717, 1.165) is 5.56 Å². The molecule has 0 saturated carbocycles. The number of carbonyl (C=O) groups excluding carboxylic acids is 1. The number of aromatic nitrogens is 1. The molecule has 1 aromatic carbocycles. The number of carbonyl (C=O) groups is 1. The molecule has 0 radical (unpaired) electrons. The molecule has 3 rings (SSSR count). The van der Waals surface area contributed by atoms with Gasteiger partial charge in [-0.05, 0) is 37.1 Å². The maximum absolute atomic E-state index is 12.3. The number of aryl methyl sites for hydroxylation is 1. The molecule has 7 heteroatoms. The van der Waals surface area contributed by atoms with Crippen molar-refractivity contribution in [3.05, 3.63) is 53.7 Å². The molecule has 0 aliphatic carbocycles. The van der Waals surface area contributed by atoms with Crippen LogP contribution in [0.5, 0.6) is 0 Å². The molecule has 25 heavy (non-hydrogen) atoms. The van der Waals surface area contributed by atoms with Gasteiger partial charge >= 0.3 is 0 Å². The summed E-state index contributed by atoms with van der Waals surface area (Å²) in [6.07, 6.45) is 2.21. The van der Waals surface area contributed by atoms with E-state index in [1.54, 1.807) is 24.4 Å². The van der Waals surface area contributed by atoms with E-state index in [0.29, 0.717) is 23.5 Å². The van der Waals surface area contributed by atoms with Crippen molar-refractivity contribution < 1.29 is 13.2 Å². The van der Waals surface area contributed by atoms with Crippen LogP contribution in [0.4, 0.5) is 11.5 Å². The van der Waals surface area contributed by atoms with Crippen molar-refractivity contribution >= 4 is 27.2 Å². The Balaban J connectivity index is 1.68. The van der Waals surface area contributed by atoms with Crippen LogP contribution < -0.4 is 10.2 Å². The van der Waals surface area contributed by atoms with Crippen LogP contribution in [0.25, 0.3) is 0 Å². The fourth-order valence-electron chi connectivity index (χ4n) is 2.96. The number of sulfone groups is 1. The van der Waals surface area contributed by atoms with Gasteiger partial charge in [-0.1, -0.05) is 18.2 Å². The highest BCUT2D eigenvalue weighted by atomic mass is 32.2. The molecule has 1 amide bonds. The number of amides is 1. The maximum Gasteiger partial charge on any atom is 0.255 e. The van der Waals surface area contributed by atoms with E-state index in [2.05, 4.69) is 10.3 Å². The summed E-state index contributed by atoms with van der Waals surface area (Å²) in [5.41, 5.74) is 2.14. The minimum Gasteiger partial charge on any atom is -0.356 e. The molecule has 1 fully saturated rings. The summed E-state index contributed by atoms with van der Waals surface area (Å²) < 4.78 is 23.2. The number of hydrogen-bond acceptors (Lipinski definition) is 5. The van der Waals surface area contributed by atoms with E-state index in [-0.39, 0.29) is 23.5 Å². The fraction of sp³-hybridized carbons (Fsp3) is 0.333. The van der Waals surface area contributed by atoms with Gasteiger partial charge in [-0.3, -0.25) is 4.79 Å². The van der Waals surface area contributed by atoms with Gasteiger partial charge in [0.15, 0.2) is 9.84 Å². The van der Waals surface area contributed by atoms with Crippen LogP contribution >= 0.6 is 0 Å². The van der Waals surface area contributed by atoms with Crippen molar-refractivity contribution in [2.45, 2.75) is 19.4 Å². The summed E-state index contributed by atoms with van der Waals surface area (Å²) in [5, 5.41) is 2.83. The van der Waals surface area contributed by atoms with E-state index in [1.165, 1.54) is 0 Å². The van der Waals surface area contributed by atoms with Crippen molar-refractivity contribution in [2.24, 2.45) is 0 Å². The van der Waals surface area contributed by atoms with Crippen LogP contribution in [0.2, 0.25) is 0 Å². The molecule has 1 aromatic heterocycles. The molecule has 2 aromatic rings. The van der Waals surface area contributed by atoms with E-state index in [4.69, 9.17) is 0 Å². The van der Waals surface area contributed by atoms with Gasteiger partial charge in [0.1, 0.15) is 5.82 Å². The summed E-state index contributed by atoms with van der Waals surface area (Å²) in [5.74, 6) is 0.905. The number of pyridine rings is 1. The van der Waals surface area contributed by atoms with E-state index in [9.17, 15) is 13.2 Å². The number of nitrogens with one attached hydrogen (secondary N) is 1. The first-order chi connectivity index (χ1) is 11.9. The Morgan fingerprint density at radius 3 is 2.60 bits per heavy atom. The second-order valence-electron chi connectivity index (χ2n) is 6.34. The fourth-order valence-corrected chi connectivity index (χ4v) is 4.74. The SMILES string of the molecule is Cc1ccccc1C(=O)Nc1ccc(N(C)C2CCS(=O)(=O)C2)nc1. The van der Waals surface area contributed by atoms with Crippen molar-refractivity contribution in [1.29, 1.82) is 0 Å². The molecule has 2 heterocycles. The van der Waals surface area contributed by atoms with Crippen LogP contribution in [0.1, 0.15) is 22.3 Å². The first-order valence-electron chi connectivity index (χ1n) is 8.12. The van der Waals surface area contributed by atoms with Gasteiger partial charge in [0.05, 0.1) is 23.4 Å². The lowest BCUT2D eigenvalue weighted by atomic mass is 10.1. The highest BCUT2D eigenvalue weighted by Gasteiger charge is 2.31. The molecule has 1 aliphatic rings. The second kappa shape index (κ2) is 6.84. The molecule has 132 valence electrons. The monoisotopic (exact) mass is 359 g/mol. The Labute approximate surface area is 147 Å². The maximum atomic E-state index is 12.3. The molecule has 0 bridgehead atoms. The zero-order valence-electron chi connectivity index (χ0n) is 14.3. The van der Waals surface area contributed by atoms with Gasteiger partial charge in [-0.2, -0.15) is 0 Å².